The number of halogens is 2. The Morgan fingerprint density at radius 3 is 2.39 bits per heavy atom. The van der Waals surface area contributed by atoms with Crippen LogP contribution in [0.15, 0.2) is 90.0 Å². The Balaban J connectivity index is 1.47. The Labute approximate surface area is 216 Å². The van der Waals surface area contributed by atoms with Crippen LogP contribution in [0, 0.1) is 0 Å². The number of ether oxygens (including phenoxy) is 1. The van der Waals surface area contributed by atoms with Gasteiger partial charge in [0.05, 0.1) is 18.3 Å². The number of benzene rings is 4. The molecule has 0 saturated heterocycles. The molecule has 9 heteroatoms. The summed E-state index contributed by atoms with van der Waals surface area (Å²) in [5.41, 5.74) is 3.53. The van der Waals surface area contributed by atoms with E-state index in [0.717, 1.165) is 10.8 Å². The van der Waals surface area contributed by atoms with Crippen LogP contribution >= 0.6 is 23.2 Å². The van der Waals surface area contributed by atoms with Gasteiger partial charge in [0.25, 0.3) is 11.8 Å². The van der Waals surface area contributed by atoms with E-state index in [0.29, 0.717) is 26.7 Å². The van der Waals surface area contributed by atoms with Gasteiger partial charge in [-0.05, 0) is 59.3 Å². The number of carbonyl (C=O) groups is 3. The van der Waals surface area contributed by atoms with Crippen molar-refractivity contribution in [1.82, 2.24) is 10.7 Å². The van der Waals surface area contributed by atoms with Crippen molar-refractivity contribution >= 4 is 58.0 Å². The topological polar surface area (TPSA) is 96.9 Å². The predicted octanol–water partition coefficient (Wildman–Crippen LogP) is 5.25. The second kappa shape index (κ2) is 11.5. The molecule has 180 valence electrons. The lowest BCUT2D eigenvalue weighted by Gasteiger charge is -2.11. The highest BCUT2D eigenvalue weighted by molar-refractivity contribution is 6.31. The fraction of sp³-hybridized carbons (Fsp3) is 0.0370. The molecule has 0 fully saturated rings. The molecule has 0 aliphatic rings. The minimum absolute atomic E-state index is 0.265. The second-order valence-corrected chi connectivity index (χ2v) is 8.45. The summed E-state index contributed by atoms with van der Waals surface area (Å²) < 4.78 is 5.62. The molecule has 0 bridgehead atoms. The van der Waals surface area contributed by atoms with E-state index in [2.05, 4.69) is 15.8 Å². The average molecular weight is 520 g/mol. The van der Waals surface area contributed by atoms with Gasteiger partial charge in [0.2, 0.25) is 0 Å². The fourth-order valence-electron chi connectivity index (χ4n) is 3.34. The third-order valence-corrected chi connectivity index (χ3v) is 5.58. The summed E-state index contributed by atoms with van der Waals surface area (Å²) in [7, 11) is 0. The number of carbonyl (C=O) groups excluding carboxylic acids is 3. The van der Waals surface area contributed by atoms with E-state index in [9.17, 15) is 14.4 Å². The Hall–Kier alpha value is -4.20. The van der Waals surface area contributed by atoms with Crippen LogP contribution < -0.4 is 15.5 Å². The van der Waals surface area contributed by atoms with Gasteiger partial charge in [-0.25, -0.2) is 10.2 Å². The predicted molar refractivity (Wildman–Crippen MR) is 140 cm³/mol. The van der Waals surface area contributed by atoms with Gasteiger partial charge in [-0.1, -0.05) is 59.6 Å². The highest BCUT2D eigenvalue weighted by Gasteiger charge is 2.14. The zero-order valence-electron chi connectivity index (χ0n) is 18.7. The minimum Gasteiger partial charge on any atom is -0.422 e. The third kappa shape index (κ3) is 6.27. The van der Waals surface area contributed by atoms with Crippen molar-refractivity contribution in [2.75, 3.05) is 6.54 Å². The number of esters is 1. The molecule has 4 aromatic carbocycles. The van der Waals surface area contributed by atoms with E-state index in [1.54, 1.807) is 48.5 Å². The number of nitrogens with one attached hydrogen (secondary N) is 2. The maximum Gasteiger partial charge on any atom is 0.343 e. The zero-order chi connectivity index (χ0) is 25.5. The smallest absolute Gasteiger partial charge is 0.343 e. The maximum atomic E-state index is 12.7. The van der Waals surface area contributed by atoms with Crippen LogP contribution in [0.25, 0.3) is 10.8 Å². The first-order valence-electron chi connectivity index (χ1n) is 10.8. The maximum absolute atomic E-state index is 12.7. The van der Waals surface area contributed by atoms with E-state index < -0.39 is 17.8 Å². The van der Waals surface area contributed by atoms with Gasteiger partial charge in [0, 0.05) is 21.2 Å². The Kier molecular flexibility index (Phi) is 7.95. The molecular formula is C27H19Cl2N3O4. The number of rotatable bonds is 7. The molecule has 0 aliphatic carbocycles. The van der Waals surface area contributed by atoms with Crippen molar-refractivity contribution in [3.05, 3.63) is 112 Å². The summed E-state index contributed by atoms with van der Waals surface area (Å²) in [6.07, 6.45) is 1.39. The van der Waals surface area contributed by atoms with E-state index in [1.807, 2.05) is 30.3 Å². The van der Waals surface area contributed by atoms with Crippen LogP contribution in [-0.2, 0) is 4.79 Å². The average Bonchev–Trinajstić information content (AvgIpc) is 2.88. The normalized spacial score (nSPS) is 10.8. The van der Waals surface area contributed by atoms with Crippen molar-refractivity contribution in [2.45, 2.75) is 0 Å². The molecule has 2 amide bonds. The number of hydrogen-bond acceptors (Lipinski definition) is 5. The van der Waals surface area contributed by atoms with Crippen molar-refractivity contribution in [3.8, 4) is 5.75 Å². The van der Waals surface area contributed by atoms with Gasteiger partial charge in [0.1, 0.15) is 5.75 Å². The van der Waals surface area contributed by atoms with Crippen molar-refractivity contribution < 1.29 is 19.1 Å². The van der Waals surface area contributed by atoms with E-state index in [4.69, 9.17) is 27.9 Å². The lowest BCUT2D eigenvalue weighted by molar-refractivity contribution is -0.120. The van der Waals surface area contributed by atoms with Crippen LogP contribution in [-0.4, -0.2) is 30.5 Å². The summed E-state index contributed by atoms with van der Waals surface area (Å²) in [5.74, 6) is -1.28. The van der Waals surface area contributed by atoms with Gasteiger partial charge in [-0.3, -0.25) is 9.59 Å². The zero-order valence-corrected chi connectivity index (χ0v) is 20.2. The summed E-state index contributed by atoms with van der Waals surface area (Å²) >= 11 is 11.8. The first-order chi connectivity index (χ1) is 17.4. The van der Waals surface area contributed by atoms with Crippen LogP contribution in [0.5, 0.6) is 5.75 Å². The molecule has 0 spiro atoms. The number of hydrogen-bond donors (Lipinski definition) is 2. The van der Waals surface area contributed by atoms with Gasteiger partial charge < -0.3 is 10.1 Å². The number of fused-ring (bicyclic) bond motifs is 1. The van der Waals surface area contributed by atoms with E-state index >= 15 is 0 Å². The van der Waals surface area contributed by atoms with Gasteiger partial charge in [0.15, 0.2) is 0 Å². The molecule has 0 saturated carbocycles. The summed E-state index contributed by atoms with van der Waals surface area (Å²) in [6, 6.07) is 23.7. The van der Waals surface area contributed by atoms with E-state index in [-0.39, 0.29) is 12.3 Å². The SMILES string of the molecule is O=C(CNC(=O)c1cccc(Cl)c1)N/N=C/c1c(OC(=O)c2ccc(Cl)cc2)ccc2ccccc12. The highest BCUT2D eigenvalue weighted by Crippen LogP contribution is 2.27. The molecule has 0 heterocycles. The van der Waals surface area contributed by atoms with Crippen LogP contribution in [0.3, 0.4) is 0 Å². The molecule has 4 rings (SSSR count). The van der Waals surface area contributed by atoms with Crippen LogP contribution in [0.4, 0.5) is 0 Å². The van der Waals surface area contributed by atoms with Crippen LogP contribution in [0.2, 0.25) is 10.0 Å². The largest absolute Gasteiger partial charge is 0.422 e. The Morgan fingerprint density at radius 2 is 1.61 bits per heavy atom. The summed E-state index contributed by atoms with van der Waals surface area (Å²) in [6.45, 7) is -0.295. The Morgan fingerprint density at radius 1 is 0.833 bits per heavy atom. The molecule has 0 radical (unpaired) electrons. The first-order valence-corrected chi connectivity index (χ1v) is 11.5. The number of hydrazone groups is 1. The van der Waals surface area contributed by atoms with E-state index in [1.165, 1.54) is 12.3 Å². The molecule has 36 heavy (non-hydrogen) atoms. The quantitative estimate of drug-likeness (QED) is 0.151. The molecule has 4 aromatic rings. The summed E-state index contributed by atoms with van der Waals surface area (Å²) in [4.78, 5) is 37.0. The van der Waals surface area contributed by atoms with Gasteiger partial charge >= 0.3 is 5.97 Å². The van der Waals surface area contributed by atoms with Crippen molar-refractivity contribution in [1.29, 1.82) is 0 Å². The third-order valence-electron chi connectivity index (χ3n) is 5.09. The van der Waals surface area contributed by atoms with Crippen molar-refractivity contribution in [3.63, 3.8) is 0 Å². The number of amides is 2. The molecular weight excluding hydrogens is 501 g/mol. The monoisotopic (exact) mass is 519 g/mol. The standard InChI is InChI=1S/C27H19Cl2N3O4/c28-20-11-8-18(9-12-20)27(35)36-24-13-10-17-4-1-2-7-22(17)23(24)15-31-32-25(33)16-30-26(34)19-5-3-6-21(29)14-19/h1-15H,16H2,(H,30,34)(H,32,33)/b31-15+. The number of nitrogens with zero attached hydrogens (tertiary/aromatic N) is 1. The van der Waals surface area contributed by atoms with Crippen LogP contribution in [0.1, 0.15) is 26.3 Å². The lowest BCUT2D eigenvalue weighted by atomic mass is 10.0. The molecule has 0 atom stereocenters. The molecule has 0 aromatic heterocycles. The highest BCUT2D eigenvalue weighted by atomic mass is 35.5. The molecule has 7 nitrogen and oxygen atoms in total. The van der Waals surface area contributed by atoms with Gasteiger partial charge in [-0.2, -0.15) is 5.10 Å². The van der Waals surface area contributed by atoms with Crippen molar-refractivity contribution in [2.24, 2.45) is 5.10 Å². The molecule has 2 N–H and O–H groups in total. The van der Waals surface area contributed by atoms with Gasteiger partial charge in [-0.15, -0.1) is 0 Å². The summed E-state index contributed by atoms with van der Waals surface area (Å²) in [5, 5.41) is 9.09. The Bertz CT molecular complexity index is 1470. The molecule has 0 aliphatic heterocycles. The minimum atomic E-state index is -0.565. The fourth-order valence-corrected chi connectivity index (χ4v) is 3.66. The lowest BCUT2D eigenvalue weighted by Crippen LogP contribution is -2.34. The molecule has 0 unspecified atom stereocenters. The second-order valence-electron chi connectivity index (χ2n) is 7.58. The first kappa shape index (κ1) is 24.9.